The molecule has 1 fully saturated rings. The van der Waals surface area contributed by atoms with Gasteiger partial charge in [-0.2, -0.15) is 0 Å². The number of aromatic nitrogens is 3. The fourth-order valence-corrected chi connectivity index (χ4v) is 3.34. The first-order chi connectivity index (χ1) is 16.0. The van der Waals surface area contributed by atoms with Crippen LogP contribution in [-0.4, -0.2) is 66.7 Å². The lowest BCUT2D eigenvalue weighted by Gasteiger charge is -2.28. The molecule has 0 saturated carbocycles. The molecule has 0 atom stereocenters. The second kappa shape index (κ2) is 10.2. The van der Waals surface area contributed by atoms with Crippen LogP contribution in [0, 0.1) is 5.82 Å². The van der Waals surface area contributed by atoms with Crippen LogP contribution in [0.3, 0.4) is 0 Å². The van der Waals surface area contributed by atoms with Gasteiger partial charge in [0.2, 0.25) is 0 Å². The maximum Gasteiger partial charge on any atom is 0.183 e. The van der Waals surface area contributed by atoms with Crippen molar-refractivity contribution in [2.24, 2.45) is 4.99 Å². The van der Waals surface area contributed by atoms with Gasteiger partial charge in [0.1, 0.15) is 5.75 Å². The molecule has 1 saturated heterocycles. The van der Waals surface area contributed by atoms with Crippen molar-refractivity contribution in [2.45, 2.75) is 6.54 Å². The van der Waals surface area contributed by atoms with E-state index in [4.69, 9.17) is 4.74 Å². The number of phenols is 1. The van der Waals surface area contributed by atoms with Crippen LogP contribution >= 0.6 is 0 Å². The van der Waals surface area contributed by atoms with Gasteiger partial charge >= 0.3 is 0 Å². The van der Waals surface area contributed by atoms with E-state index in [0.29, 0.717) is 37.8 Å². The summed E-state index contributed by atoms with van der Waals surface area (Å²) < 4.78 is 19.5. The highest BCUT2D eigenvalue weighted by molar-refractivity contribution is 5.77. The largest absolute Gasteiger partial charge is 0.508 e. The van der Waals surface area contributed by atoms with Gasteiger partial charge in [0.25, 0.3) is 0 Å². The van der Waals surface area contributed by atoms with E-state index in [0.717, 1.165) is 17.1 Å². The van der Waals surface area contributed by atoms with Gasteiger partial charge in [0.05, 0.1) is 43.5 Å². The molecule has 1 aliphatic heterocycles. The number of hydrogen-bond acceptors (Lipinski definition) is 9. The number of anilines is 4. The summed E-state index contributed by atoms with van der Waals surface area (Å²) in [6.07, 6.45) is 4.50. The third-order valence-corrected chi connectivity index (χ3v) is 5.04. The van der Waals surface area contributed by atoms with Gasteiger partial charge in [-0.05, 0) is 18.2 Å². The molecule has 33 heavy (non-hydrogen) atoms. The molecule has 4 rings (SSSR count). The Hall–Kier alpha value is -3.79. The van der Waals surface area contributed by atoms with E-state index in [1.807, 2.05) is 42.1 Å². The Morgan fingerprint density at radius 1 is 1.15 bits per heavy atom. The van der Waals surface area contributed by atoms with Gasteiger partial charge in [-0.25, -0.2) is 14.4 Å². The van der Waals surface area contributed by atoms with Crippen LogP contribution in [-0.2, 0) is 11.3 Å². The van der Waals surface area contributed by atoms with Gasteiger partial charge in [0.15, 0.2) is 17.5 Å². The van der Waals surface area contributed by atoms with Gasteiger partial charge in [-0.15, -0.1) is 0 Å². The fraction of sp³-hybridized carbons (Fsp3) is 0.304. The average Bonchev–Trinajstić information content (AvgIpc) is 2.81. The predicted octanol–water partition coefficient (Wildman–Crippen LogP) is 2.98. The molecule has 0 bridgehead atoms. The fourth-order valence-electron chi connectivity index (χ4n) is 3.34. The number of nitrogens with one attached hydrogen (secondary N) is 1. The topological polar surface area (TPSA) is 99.0 Å². The average molecular weight is 452 g/mol. The molecular formula is C23H26FN7O2. The molecule has 3 heterocycles. The molecule has 2 N–H and O–H groups in total. The van der Waals surface area contributed by atoms with Crippen molar-refractivity contribution < 1.29 is 14.2 Å². The normalized spacial score (nSPS) is 14.0. The van der Waals surface area contributed by atoms with E-state index in [1.165, 1.54) is 6.20 Å². The quantitative estimate of drug-likeness (QED) is 0.529. The Bertz CT molecular complexity index is 1120. The maximum absolute atomic E-state index is 14.1. The lowest BCUT2D eigenvalue weighted by atomic mass is 10.2. The number of nitrogens with zero attached hydrogens (tertiary/aromatic N) is 6. The summed E-state index contributed by atoms with van der Waals surface area (Å²) in [4.78, 5) is 20.9. The smallest absolute Gasteiger partial charge is 0.183 e. The highest BCUT2D eigenvalue weighted by atomic mass is 19.1. The summed E-state index contributed by atoms with van der Waals surface area (Å²) in [6.45, 7) is 2.52. The summed E-state index contributed by atoms with van der Waals surface area (Å²) in [6, 6.07) is 8.97. The van der Waals surface area contributed by atoms with Gasteiger partial charge in [0, 0.05) is 56.9 Å². The lowest BCUT2D eigenvalue weighted by molar-refractivity contribution is 0.122. The molecule has 0 radical (unpaired) electrons. The predicted molar refractivity (Wildman–Crippen MR) is 126 cm³/mol. The van der Waals surface area contributed by atoms with Crippen molar-refractivity contribution in [3.63, 3.8) is 0 Å². The molecule has 3 aromatic rings. The molecule has 2 aromatic heterocycles. The number of hydrogen-bond donors (Lipinski definition) is 2. The van der Waals surface area contributed by atoms with Crippen molar-refractivity contribution in [2.75, 3.05) is 55.5 Å². The molecule has 0 unspecified atom stereocenters. The molecule has 0 spiro atoms. The first-order valence-corrected chi connectivity index (χ1v) is 10.6. The molecule has 10 heteroatoms. The van der Waals surface area contributed by atoms with E-state index in [-0.39, 0.29) is 18.1 Å². The third-order valence-electron chi connectivity index (χ3n) is 5.04. The SMILES string of the molecule is CN(C)c1cc(O)cc(Nc2ccc(/C=N/Cc3ncc(F)c(N4CCOCC4)n3)nc2)c1. The Morgan fingerprint density at radius 3 is 2.70 bits per heavy atom. The van der Waals surface area contributed by atoms with Gasteiger partial charge in [-0.1, -0.05) is 0 Å². The Morgan fingerprint density at radius 2 is 1.97 bits per heavy atom. The van der Waals surface area contributed by atoms with Crippen molar-refractivity contribution in [3.05, 3.63) is 60.1 Å². The van der Waals surface area contributed by atoms with Crippen LogP contribution in [0.25, 0.3) is 0 Å². The summed E-state index contributed by atoms with van der Waals surface area (Å²) in [7, 11) is 3.82. The van der Waals surface area contributed by atoms with Gasteiger partial charge in [-0.3, -0.25) is 9.98 Å². The van der Waals surface area contributed by atoms with E-state index >= 15 is 0 Å². The van der Waals surface area contributed by atoms with E-state index in [2.05, 4.69) is 25.3 Å². The highest BCUT2D eigenvalue weighted by Crippen LogP contribution is 2.27. The monoisotopic (exact) mass is 451 g/mol. The first-order valence-electron chi connectivity index (χ1n) is 10.6. The van der Waals surface area contributed by atoms with E-state index in [9.17, 15) is 9.50 Å². The van der Waals surface area contributed by atoms with E-state index in [1.54, 1.807) is 24.5 Å². The first kappa shape index (κ1) is 22.4. The number of phenolic OH excluding ortho intramolecular Hbond substituents is 1. The van der Waals surface area contributed by atoms with Crippen molar-refractivity contribution in [1.82, 2.24) is 15.0 Å². The van der Waals surface area contributed by atoms with Crippen LogP contribution in [0.4, 0.5) is 27.3 Å². The molecule has 0 amide bonds. The Labute approximate surface area is 191 Å². The Kier molecular flexibility index (Phi) is 6.94. The lowest BCUT2D eigenvalue weighted by Crippen LogP contribution is -2.37. The Balaban J connectivity index is 1.38. The number of halogens is 1. The summed E-state index contributed by atoms with van der Waals surface area (Å²) in [5, 5.41) is 13.2. The van der Waals surface area contributed by atoms with Crippen LogP contribution in [0.5, 0.6) is 5.75 Å². The minimum Gasteiger partial charge on any atom is -0.508 e. The minimum atomic E-state index is -0.446. The molecule has 0 aliphatic carbocycles. The molecule has 172 valence electrons. The number of morpholine rings is 1. The van der Waals surface area contributed by atoms with Crippen molar-refractivity contribution >= 4 is 29.1 Å². The van der Waals surface area contributed by atoms with Gasteiger partial charge < -0.3 is 25.0 Å². The molecule has 1 aromatic carbocycles. The summed E-state index contributed by atoms with van der Waals surface area (Å²) >= 11 is 0. The second-order valence-corrected chi connectivity index (χ2v) is 7.76. The van der Waals surface area contributed by atoms with Crippen LogP contribution in [0.2, 0.25) is 0 Å². The summed E-state index contributed by atoms with van der Waals surface area (Å²) in [5.41, 5.74) is 3.08. The molecule has 9 nitrogen and oxygen atoms in total. The zero-order valence-electron chi connectivity index (χ0n) is 18.6. The van der Waals surface area contributed by atoms with Crippen LogP contribution in [0.1, 0.15) is 11.5 Å². The molecular weight excluding hydrogens is 425 g/mol. The molecule has 1 aliphatic rings. The standard InChI is InChI=1S/C23H26FN7O2/c1-30(2)19-9-18(10-20(32)11-19)28-17-4-3-16(26-13-17)12-25-15-22-27-14-21(24)23(29-22)31-5-7-33-8-6-31/h3-4,9-14,28,32H,5-8,15H2,1-2H3/b25-12+. The van der Waals surface area contributed by atoms with Crippen LogP contribution in [0.15, 0.2) is 47.7 Å². The second-order valence-electron chi connectivity index (χ2n) is 7.76. The third kappa shape index (κ3) is 5.92. The number of ether oxygens (including phenoxy) is 1. The minimum absolute atomic E-state index is 0.181. The van der Waals surface area contributed by atoms with Crippen molar-refractivity contribution in [3.8, 4) is 5.75 Å². The van der Waals surface area contributed by atoms with Crippen molar-refractivity contribution in [1.29, 1.82) is 0 Å². The zero-order chi connectivity index (χ0) is 23.2. The zero-order valence-corrected chi connectivity index (χ0v) is 18.6. The number of pyridine rings is 1. The van der Waals surface area contributed by atoms with E-state index < -0.39 is 5.82 Å². The number of aromatic hydroxyl groups is 1. The highest BCUT2D eigenvalue weighted by Gasteiger charge is 2.17. The summed E-state index contributed by atoms with van der Waals surface area (Å²) in [5.74, 6) is 0.462. The van der Waals surface area contributed by atoms with Crippen LogP contribution < -0.4 is 15.1 Å². The number of benzene rings is 1. The maximum atomic E-state index is 14.1. The number of rotatable bonds is 7. The number of aliphatic imine (C=N–C) groups is 1.